The summed E-state index contributed by atoms with van der Waals surface area (Å²) in [5, 5.41) is 0.197. The van der Waals surface area contributed by atoms with Crippen LogP contribution in [0, 0.1) is 17.7 Å². The molecule has 1 heterocycles. The van der Waals surface area contributed by atoms with Gasteiger partial charge < -0.3 is 9.47 Å². The average Bonchev–Trinajstić information content (AvgIpc) is 2.63. The molecular formula is C20H26ClFO2. The first-order valence-electron chi connectivity index (χ1n) is 9.02. The van der Waals surface area contributed by atoms with E-state index in [0.29, 0.717) is 17.8 Å². The van der Waals surface area contributed by atoms with Gasteiger partial charge in [0.2, 0.25) is 0 Å². The third-order valence-corrected chi connectivity index (χ3v) is 5.47. The molecule has 0 radical (unpaired) electrons. The number of halogens is 2. The molecule has 1 aromatic rings. The predicted octanol–water partition coefficient (Wildman–Crippen LogP) is 5.71. The van der Waals surface area contributed by atoms with Gasteiger partial charge in [-0.1, -0.05) is 36.7 Å². The average molecular weight is 353 g/mol. The highest BCUT2D eigenvalue weighted by molar-refractivity contribution is 6.30. The van der Waals surface area contributed by atoms with Gasteiger partial charge in [0.25, 0.3) is 0 Å². The van der Waals surface area contributed by atoms with Crippen LogP contribution in [0.4, 0.5) is 4.39 Å². The third-order valence-electron chi connectivity index (χ3n) is 5.16. The van der Waals surface area contributed by atoms with Crippen LogP contribution in [0.3, 0.4) is 0 Å². The van der Waals surface area contributed by atoms with Crippen molar-refractivity contribution in [2.24, 2.45) is 11.8 Å². The molecule has 0 atom stereocenters. The first-order valence-corrected chi connectivity index (χ1v) is 9.40. The Morgan fingerprint density at radius 3 is 2.50 bits per heavy atom. The van der Waals surface area contributed by atoms with E-state index in [1.54, 1.807) is 12.1 Å². The van der Waals surface area contributed by atoms with E-state index >= 15 is 0 Å². The summed E-state index contributed by atoms with van der Waals surface area (Å²) in [7, 11) is 0. The maximum absolute atomic E-state index is 13.6. The highest BCUT2D eigenvalue weighted by atomic mass is 35.5. The van der Waals surface area contributed by atoms with E-state index in [2.05, 4.69) is 19.1 Å². The van der Waals surface area contributed by atoms with Crippen molar-refractivity contribution in [1.82, 2.24) is 0 Å². The summed E-state index contributed by atoms with van der Waals surface area (Å²) < 4.78 is 25.6. The lowest BCUT2D eigenvalue weighted by atomic mass is 9.78. The van der Waals surface area contributed by atoms with Crippen LogP contribution in [-0.2, 0) is 9.47 Å². The molecule has 0 bridgehead atoms. The second-order valence-corrected chi connectivity index (χ2v) is 7.32. The molecule has 1 aromatic carbocycles. The van der Waals surface area contributed by atoms with E-state index in [1.807, 2.05) is 6.07 Å². The molecule has 0 spiro atoms. The Bertz CT molecular complexity index is 559. The van der Waals surface area contributed by atoms with E-state index in [9.17, 15) is 4.39 Å². The largest absolute Gasteiger partial charge is 0.352 e. The number of allylic oxidation sites excluding steroid dienone is 1. The Labute approximate surface area is 149 Å². The standard InChI is InChI=1S/C20H26ClFO2/c1-2-3-4-14-12-23-20(24-13-14)16-7-5-15(6-8-16)17-9-10-18(21)19(22)11-17/h3-4,9-11,14-16,20H,2,5-8,12-13H2,1H3/b4-3+. The summed E-state index contributed by atoms with van der Waals surface area (Å²) in [6.45, 7) is 3.64. The molecule has 2 nitrogen and oxygen atoms in total. The fraction of sp³-hybridized carbons (Fsp3) is 0.600. The van der Waals surface area contributed by atoms with Crippen molar-refractivity contribution < 1.29 is 13.9 Å². The highest BCUT2D eigenvalue weighted by Crippen LogP contribution is 2.39. The van der Waals surface area contributed by atoms with Gasteiger partial charge in [-0.3, -0.25) is 0 Å². The number of ether oxygens (including phenoxy) is 2. The molecule has 2 fully saturated rings. The number of rotatable bonds is 4. The number of hydrogen-bond donors (Lipinski definition) is 0. The first-order chi connectivity index (χ1) is 11.7. The quantitative estimate of drug-likeness (QED) is 0.646. The van der Waals surface area contributed by atoms with Crippen LogP contribution in [0.2, 0.25) is 5.02 Å². The minimum absolute atomic E-state index is 0.0702. The monoisotopic (exact) mass is 352 g/mol. The molecule has 2 aliphatic rings. The summed E-state index contributed by atoms with van der Waals surface area (Å²) >= 11 is 5.77. The highest BCUT2D eigenvalue weighted by Gasteiger charge is 2.32. The molecule has 0 aromatic heterocycles. The summed E-state index contributed by atoms with van der Waals surface area (Å²) in [6.07, 6.45) is 9.58. The maximum Gasteiger partial charge on any atom is 0.160 e. The van der Waals surface area contributed by atoms with Crippen molar-refractivity contribution >= 4 is 11.6 Å². The lowest BCUT2D eigenvalue weighted by molar-refractivity contribution is -0.222. The Hall–Kier alpha value is -0.900. The zero-order valence-electron chi connectivity index (χ0n) is 14.2. The lowest BCUT2D eigenvalue weighted by Gasteiger charge is -2.37. The second kappa shape index (κ2) is 8.46. The van der Waals surface area contributed by atoms with Crippen molar-refractivity contribution in [3.8, 4) is 0 Å². The van der Waals surface area contributed by atoms with Crippen molar-refractivity contribution in [2.45, 2.75) is 51.2 Å². The SMILES string of the molecule is CC/C=C/C1COC(C2CCC(c3ccc(Cl)c(F)c3)CC2)OC1. The summed E-state index contributed by atoms with van der Waals surface area (Å²) in [4.78, 5) is 0. The Morgan fingerprint density at radius 2 is 1.88 bits per heavy atom. The molecule has 4 heteroatoms. The molecule has 1 aliphatic carbocycles. The zero-order chi connectivity index (χ0) is 16.9. The van der Waals surface area contributed by atoms with Crippen molar-refractivity contribution in [3.05, 3.63) is 46.8 Å². The normalized spacial score (nSPS) is 31.5. The van der Waals surface area contributed by atoms with Crippen molar-refractivity contribution in [1.29, 1.82) is 0 Å². The summed E-state index contributed by atoms with van der Waals surface area (Å²) in [5.74, 6) is 0.933. The Balaban J connectivity index is 1.49. The van der Waals surface area contributed by atoms with Gasteiger partial charge >= 0.3 is 0 Å². The molecule has 0 unspecified atom stereocenters. The van der Waals surface area contributed by atoms with Gasteiger partial charge in [0.1, 0.15) is 5.82 Å². The Kier molecular flexibility index (Phi) is 6.31. The van der Waals surface area contributed by atoms with Gasteiger partial charge in [-0.25, -0.2) is 4.39 Å². The van der Waals surface area contributed by atoms with Gasteiger partial charge in [0.05, 0.1) is 18.2 Å². The molecule has 1 saturated heterocycles. The predicted molar refractivity (Wildman–Crippen MR) is 94.7 cm³/mol. The minimum atomic E-state index is -0.318. The summed E-state index contributed by atoms with van der Waals surface area (Å²) in [5.41, 5.74) is 1.06. The fourth-order valence-electron chi connectivity index (χ4n) is 3.74. The van der Waals surface area contributed by atoms with E-state index in [1.165, 1.54) is 0 Å². The van der Waals surface area contributed by atoms with Crippen LogP contribution in [-0.4, -0.2) is 19.5 Å². The van der Waals surface area contributed by atoms with Gasteiger partial charge in [-0.2, -0.15) is 0 Å². The lowest BCUT2D eigenvalue weighted by Crippen LogP contribution is -2.37. The molecule has 132 valence electrons. The minimum Gasteiger partial charge on any atom is -0.352 e. The molecule has 0 N–H and O–H groups in total. The van der Waals surface area contributed by atoms with Gasteiger partial charge in [-0.15, -0.1) is 0 Å². The van der Waals surface area contributed by atoms with Gasteiger partial charge in [-0.05, 0) is 55.7 Å². The zero-order valence-corrected chi connectivity index (χ0v) is 15.0. The third kappa shape index (κ3) is 4.38. The Morgan fingerprint density at radius 1 is 1.17 bits per heavy atom. The van der Waals surface area contributed by atoms with Crippen LogP contribution in [0.1, 0.15) is 50.5 Å². The second-order valence-electron chi connectivity index (χ2n) is 6.92. The molecule has 1 aliphatic heterocycles. The summed E-state index contributed by atoms with van der Waals surface area (Å²) in [6, 6.07) is 5.20. The maximum atomic E-state index is 13.6. The van der Waals surface area contributed by atoms with Crippen molar-refractivity contribution in [2.75, 3.05) is 13.2 Å². The van der Waals surface area contributed by atoms with E-state index in [4.69, 9.17) is 21.1 Å². The van der Waals surface area contributed by atoms with E-state index in [-0.39, 0.29) is 17.1 Å². The smallest absolute Gasteiger partial charge is 0.160 e. The van der Waals surface area contributed by atoms with Crippen molar-refractivity contribution in [3.63, 3.8) is 0 Å². The van der Waals surface area contributed by atoms with Gasteiger partial charge in [0, 0.05) is 11.8 Å². The molecular weight excluding hydrogens is 327 g/mol. The van der Waals surface area contributed by atoms with Crippen LogP contribution in [0.15, 0.2) is 30.4 Å². The molecule has 24 heavy (non-hydrogen) atoms. The molecule has 0 amide bonds. The molecule has 1 saturated carbocycles. The van der Waals surface area contributed by atoms with Crippen LogP contribution >= 0.6 is 11.6 Å². The van der Waals surface area contributed by atoms with Crippen LogP contribution in [0.5, 0.6) is 0 Å². The van der Waals surface area contributed by atoms with Crippen LogP contribution in [0.25, 0.3) is 0 Å². The first kappa shape index (κ1) is 17.9. The van der Waals surface area contributed by atoms with E-state index < -0.39 is 0 Å². The van der Waals surface area contributed by atoms with Gasteiger partial charge in [0.15, 0.2) is 6.29 Å². The number of hydrogen-bond acceptors (Lipinski definition) is 2. The fourth-order valence-corrected chi connectivity index (χ4v) is 3.85. The van der Waals surface area contributed by atoms with Crippen LogP contribution < -0.4 is 0 Å². The van der Waals surface area contributed by atoms with E-state index in [0.717, 1.165) is 50.9 Å². The number of benzene rings is 1. The topological polar surface area (TPSA) is 18.5 Å². The molecule has 3 rings (SSSR count).